The second kappa shape index (κ2) is 9.10. The highest BCUT2D eigenvalue weighted by Gasteiger charge is 2.08. The van der Waals surface area contributed by atoms with E-state index < -0.39 is 0 Å². The lowest BCUT2D eigenvalue weighted by Crippen LogP contribution is -2.26. The van der Waals surface area contributed by atoms with E-state index in [2.05, 4.69) is 27.8 Å². The van der Waals surface area contributed by atoms with Gasteiger partial charge in [0, 0.05) is 17.6 Å². The van der Waals surface area contributed by atoms with Gasteiger partial charge < -0.3 is 10.6 Å². The van der Waals surface area contributed by atoms with Crippen molar-refractivity contribution in [2.75, 3.05) is 11.9 Å². The first kappa shape index (κ1) is 18.1. The van der Waals surface area contributed by atoms with Crippen LogP contribution < -0.4 is 10.6 Å². The van der Waals surface area contributed by atoms with Crippen LogP contribution in [-0.2, 0) is 17.6 Å². The molecule has 0 aliphatic carbocycles. The maximum Gasteiger partial charge on any atom is 0.226 e. The Labute approximate surface area is 156 Å². The fourth-order valence-electron chi connectivity index (χ4n) is 2.49. The number of aryl methyl sites for hydroxylation is 1. The zero-order valence-corrected chi connectivity index (χ0v) is 15.1. The van der Waals surface area contributed by atoms with Crippen molar-refractivity contribution < 1.29 is 9.18 Å². The molecule has 1 heterocycles. The van der Waals surface area contributed by atoms with Gasteiger partial charge in [0.15, 0.2) is 5.13 Å². The predicted octanol–water partition coefficient (Wildman–Crippen LogP) is 4.32. The summed E-state index contributed by atoms with van der Waals surface area (Å²) in [7, 11) is 0. The highest BCUT2D eigenvalue weighted by molar-refractivity contribution is 7.13. The van der Waals surface area contributed by atoms with E-state index >= 15 is 0 Å². The molecule has 1 amide bonds. The van der Waals surface area contributed by atoms with E-state index in [4.69, 9.17) is 0 Å². The Kier molecular flexibility index (Phi) is 6.33. The summed E-state index contributed by atoms with van der Waals surface area (Å²) in [6, 6.07) is 16.3. The summed E-state index contributed by atoms with van der Waals surface area (Å²) in [6.07, 6.45) is 2.11. The normalized spacial score (nSPS) is 10.5. The number of nitrogens with zero attached hydrogens (tertiary/aromatic N) is 1. The van der Waals surface area contributed by atoms with Crippen molar-refractivity contribution in [3.8, 4) is 0 Å². The predicted molar refractivity (Wildman–Crippen MR) is 103 cm³/mol. The topological polar surface area (TPSA) is 54.0 Å². The van der Waals surface area contributed by atoms with E-state index in [0.717, 1.165) is 24.2 Å². The van der Waals surface area contributed by atoms with Crippen molar-refractivity contribution in [3.05, 3.63) is 77.1 Å². The molecule has 26 heavy (non-hydrogen) atoms. The van der Waals surface area contributed by atoms with E-state index in [0.29, 0.717) is 11.7 Å². The minimum Gasteiger partial charge on any atom is -0.356 e. The molecule has 134 valence electrons. The van der Waals surface area contributed by atoms with Crippen LogP contribution in [0.5, 0.6) is 0 Å². The van der Waals surface area contributed by atoms with Gasteiger partial charge in [-0.25, -0.2) is 9.37 Å². The van der Waals surface area contributed by atoms with Gasteiger partial charge in [-0.15, -0.1) is 11.3 Å². The van der Waals surface area contributed by atoms with E-state index in [1.54, 1.807) is 12.1 Å². The smallest absolute Gasteiger partial charge is 0.226 e. The highest BCUT2D eigenvalue weighted by Crippen LogP contribution is 2.21. The Morgan fingerprint density at radius 3 is 2.62 bits per heavy atom. The number of hydrogen-bond acceptors (Lipinski definition) is 4. The molecule has 3 rings (SSSR count). The molecule has 0 aliphatic rings. The van der Waals surface area contributed by atoms with Gasteiger partial charge in [0.1, 0.15) is 5.82 Å². The third-order valence-electron chi connectivity index (χ3n) is 3.80. The lowest BCUT2D eigenvalue weighted by atomic mass is 10.1. The molecule has 3 aromatic rings. The SMILES string of the molecule is O=C(Cc1csc(Nc2ccc(F)cc2)n1)NCCCc1ccccc1. The van der Waals surface area contributed by atoms with Crippen molar-refractivity contribution in [1.29, 1.82) is 0 Å². The number of aromatic nitrogens is 1. The van der Waals surface area contributed by atoms with Gasteiger partial charge in [-0.3, -0.25) is 4.79 Å². The zero-order chi connectivity index (χ0) is 18.2. The van der Waals surface area contributed by atoms with Crippen molar-refractivity contribution in [2.24, 2.45) is 0 Å². The molecule has 1 aromatic heterocycles. The second-order valence-electron chi connectivity index (χ2n) is 5.89. The Bertz CT molecular complexity index is 834. The van der Waals surface area contributed by atoms with Crippen molar-refractivity contribution in [2.45, 2.75) is 19.3 Å². The summed E-state index contributed by atoms with van der Waals surface area (Å²) < 4.78 is 12.9. The molecule has 0 fully saturated rings. The quantitative estimate of drug-likeness (QED) is 0.582. The number of nitrogens with one attached hydrogen (secondary N) is 2. The van der Waals surface area contributed by atoms with Gasteiger partial charge in [-0.2, -0.15) is 0 Å². The molecule has 0 aliphatic heterocycles. The number of amides is 1. The van der Waals surface area contributed by atoms with E-state index in [1.807, 2.05) is 23.6 Å². The van der Waals surface area contributed by atoms with Crippen LogP contribution in [0.1, 0.15) is 17.7 Å². The monoisotopic (exact) mass is 369 g/mol. The first-order valence-electron chi connectivity index (χ1n) is 8.47. The number of anilines is 2. The Morgan fingerprint density at radius 2 is 1.85 bits per heavy atom. The molecule has 0 unspecified atom stereocenters. The van der Waals surface area contributed by atoms with Crippen LogP contribution >= 0.6 is 11.3 Å². The van der Waals surface area contributed by atoms with Crippen LogP contribution in [0.2, 0.25) is 0 Å². The Balaban J connectivity index is 1.40. The minimum absolute atomic E-state index is 0.0308. The van der Waals surface area contributed by atoms with Crippen LogP contribution in [0.25, 0.3) is 0 Å². The standard InChI is InChI=1S/C20H20FN3OS/c21-16-8-10-17(11-9-16)23-20-24-18(14-26-20)13-19(25)22-12-4-7-15-5-2-1-3-6-15/h1-3,5-6,8-11,14H,4,7,12-13H2,(H,22,25)(H,23,24). The first-order valence-corrected chi connectivity index (χ1v) is 9.34. The number of carbonyl (C=O) groups excluding carboxylic acids is 1. The second-order valence-corrected chi connectivity index (χ2v) is 6.75. The minimum atomic E-state index is -0.278. The number of carbonyl (C=O) groups is 1. The van der Waals surface area contributed by atoms with Gasteiger partial charge in [-0.05, 0) is 42.7 Å². The van der Waals surface area contributed by atoms with E-state index in [9.17, 15) is 9.18 Å². The molecule has 0 atom stereocenters. The molecule has 2 aromatic carbocycles. The maximum atomic E-state index is 12.9. The van der Waals surface area contributed by atoms with E-state index in [-0.39, 0.29) is 18.1 Å². The molecular weight excluding hydrogens is 349 g/mol. The van der Waals surface area contributed by atoms with Gasteiger partial charge in [0.2, 0.25) is 5.91 Å². The average molecular weight is 369 g/mol. The van der Waals surface area contributed by atoms with Crippen LogP contribution in [-0.4, -0.2) is 17.4 Å². The largest absolute Gasteiger partial charge is 0.356 e. The van der Waals surface area contributed by atoms with Crippen LogP contribution in [0.3, 0.4) is 0 Å². The molecule has 0 spiro atoms. The third kappa shape index (κ3) is 5.67. The van der Waals surface area contributed by atoms with Crippen LogP contribution in [0.4, 0.5) is 15.2 Å². The fourth-order valence-corrected chi connectivity index (χ4v) is 3.22. The molecule has 6 heteroatoms. The summed E-state index contributed by atoms with van der Waals surface area (Å²) in [5.74, 6) is -0.309. The maximum absolute atomic E-state index is 12.9. The number of thiazole rings is 1. The van der Waals surface area contributed by atoms with E-state index in [1.165, 1.54) is 29.0 Å². The molecule has 2 N–H and O–H groups in total. The summed E-state index contributed by atoms with van der Waals surface area (Å²) in [4.78, 5) is 16.4. The first-order chi connectivity index (χ1) is 12.7. The summed E-state index contributed by atoms with van der Waals surface area (Å²) in [5, 5.41) is 8.57. The summed E-state index contributed by atoms with van der Waals surface area (Å²) in [5.41, 5.74) is 2.76. The van der Waals surface area contributed by atoms with Gasteiger partial charge in [0.05, 0.1) is 12.1 Å². The highest BCUT2D eigenvalue weighted by atomic mass is 32.1. The van der Waals surface area contributed by atoms with Gasteiger partial charge in [-0.1, -0.05) is 30.3 Å². The molecule has 0 saturated carbocycles. The molecule has 0 saturated heterocycles. The number of halogens is 1. The van der Waals surface area contributed by atoms with Gasteiger partial charge >= 0.3 is 0 Å². The molecule has 0 radical (unpaired) electrons. The van der Waals surface area contributed by atoms with Crippen LogP contribution in [0, 0.1) is 5.82 Å². The van der Waals surface area contributed by atoms with Crippen molar-refractivity contribution in [1.82, 2.24) is 10.3 Å². The molecule has 0 bridgehead atoms. The van der Waals surface area contributed by atoms with Crippen molar-refractivity contribution in [3.63, 3.8) is 0 Å². The lowest BCUT2D eigenvalue weighted by Gasteiger charge is -2.04. The van der Waals surface area contributed by atoms with Gasteiger partial charge in [0.25, 0.3) is 0 Å². The van der Waals surface area contributed by atoms with Crippen LogP contribution in [0.15, 0.2) is 60.0 Å². The number of benzene rings is 2. The fraction of sp³-hybridized carbons (Fsp3) is 0.200. The zero-order valence-electron chi connectivity index (χ0n) is 14.2. The average Bonchev–Trinajstić information content (AvgIpc) is 3.08. The van der Waals surface area contributed by atoms with Crippen molar-refractivity contribution >= 4 is 28.1 Å². The summed E-state index contributed by atoms with van der Waals surface area (Å²) in [6.45, 7) is 0.651. The Hall–Kier alpha value is -2.73. The lowest BCUT2D eigenvalue weighted by molar-refractivity contribution is -0.120. The number of hydrogen-bond donors (Lipinski definition) is 2. The molecular formula is C20H20FN3OS. The number of rotatable bonds is 8. The summed E-state index contributed by atoms with van der Waals surface area (Å²) >= 11 is 1.42. The Morgan fingerprint density at radius 1 is 1.08 bits per heavy atom. The third-order valence-corrected chi connectivity index (χ3v) is 4.60. The molecule has 4 nitrogen and oxygen atoms in total.